The molecule has 3 heteroatoms. The normalized spacial score (nSPS) is 10.0. The summed E-state index contributed by atoms with van der Waals surface area (Å²) in [5.41, 5.74) is 2.40. The van der Waals surface area contributed by atoms with Crippen molar-refractivity contribution in [1.29, 1.82) is 5.26 Å². The monoisotopic (exact) mass is 317 g/mol. The highest BCUT2D eigenvalue weighted by Gasteiger charge is 2.04. The third-order valence-corrected chi connectivity index (χ3v) is 4.20. The Kier molecular flexibility index (Phi) is 4.86. The Bertz CT molecular complexity index is 560. The van der Waals surface area contributed by atoms with E-state index >= 15 is 0 Å². The van der Waals surface area contributed by atoms with Gasteiger partial charge in [0.2, 0.25) is 0 Å². The molecule has 2 rings (SSSR count). The maximum atomic E-state index is 8.83. The van der Waals surface area contributed by atoms with Crippen LogP contribution in [0.4, 0.5) is 0 Å². The van der Waals surface area contributed by atoms with Gasteiger partial charge in [0, 0.05) is 15.1 Å². The zero-order valence-electron chi connectivity index (χ0n) is 9.77. The summed E-state index contributed by atoms with van der Waals surface area (Å²) in [6.07, 6.45) is 0.463. The molecule has 0 heterocycles. The van der Waals surface area contributed by atoms with Crippen molar-refractivity contribution in [3.8, 4) is 6.07 Å². The first kappa shape index (κ1) is 13.2. The van der Waals surface area contributed by atoms with E-state index < -0.39 is 0 Å². The summed E-state index contributed by atoms with van der Waals surface area (Å²) in [5, 5.41) is 8.83. The minimum Gasteiger partial charge on any atom is -0.198 e. The second kappa shape index (κ2) is 6.63. The SMILES string of the molecule is N#CCc1ccc(Br)cc1SCc1ccccc1. The summed E-state index contributed by atoms with van der Waals surface area (Å²) in [7, 11) is 0. The highest BCUT2D eigenvalue weighted by Crippen LogP contribution is 2.29. The molecule has 0 radical (unpaired) electrons. The van der Waals surface area contributed by atoms with E-state index in [1.807, 2.05) is 30.3 Å². The largest absolute Gasteiger partial charge is 0.198 e. The van der Waals surface area contributed by atoms with Gasteiger partial charge in [0.15, 0.2) is 0 Å². The van der Waals surface area contributed by atoms with Gasteiger partial charge in [-0.15, -0.1) is 11.8 Å². The van der Waals surface area contributed by atoms with Crippen LogP contribution in [0, 0.1) is 11.3 Å². The van der Waals surface area contributed by atoms with Crippen LogP contribution in [0.5, 0.6) is 0 Å². The van der Waals surface area contributed by atoms with Gasteiger partial charge in [0.05, 0.1) is 12.5 Å². The minimum absolute atomic E-state index is 0.463. The molecule has 18 heavy (non-hydrogen) atoms. The highest BCUT2D eigenvalue weighted by molar-refractivity contribution is 9.10. The van der Waals surface area contributed by atoms with Gasteiger partial charge < -0.3 is 0 Å². The van der Waals surface area contributed by atoms with Gasteiger partial charge >= 0.3 is 0 Å². The molecule has 0 unspecified atom stereocenters. The molecular formula is C15H12BrNS. The van der Waals surface area contributed by atoms with Crippen molar-refractivity contribution in [2.75, 3.05) is 0 Å². The zero-order valence-corrected chi connectivity index (χ0v) is 12.2. The van der Waals surface area contributed by atoms with E-state index in [2.05, 4.69) is 40.2 Å². The fourth-order valence-electron chi connectivity index (χ4n) is 1.63. The van der Waals surface area contributed by atoms with Crippen molar-refractivity contribution in [3.63, 3.8) is 0 Å². The summed E-state index contributed by atoms with van der Waals surface area (Å²) < 4.78 is 1.06. The van der Waals surface area contributed by atoms with Gasteiger partial charge in [-0.25, -0.2) is 0 Å². The first-order valence-corrected chi connectivity index (χ1v) is 7.39. The number of benzene rings is 2. The molecule has 0 aliphatic carbocycles. The molecule has 0 N–H and O–H groups in total. The molecule has 0 aromatic heterocycles. The Hall–Kier alpha value is -1.24. The Balaban J connectivity index is 2.13. The summed E-state index contributed by atoms with van der Waals surface area (Å²) >= 11 is 5.25. The van der Waals surface area contributed by atoms with Gasteiger partial charge in [-0.1, -0.05) is 52.3 Å². The van der Waals surface area contributed by atoms with E-state index in [0.29, 0.717) is 6.42 Å². The van der Waals surface area contributed by atoms with Crippen LogP contribution in [-0.4, -0.2) is 0 Å². The molecule has 0 saturated heterocycles. The molecule has 2 aromatic rings. The van der Waals surface area contributed by atoms with Crippen LogP contribution in [-0.2, 0) is 12.2 Å². The summed E-state index contributed by atoms with van der Waals surface area (Å²) in [6, 6.07) is 18.7. The Morgan fingerprint density at radius 3 is 2.61 bits per heavy atom. The first-order valence-electron chi connectivity index (χ1n) is 5.61. The number of rotatable bonds is 4. The zero-order chi connectivity index (χ0) is 12.8. The smallest absolute Gasteiger partial charge is 0.0670 e. The lowest BCUT2D eigenvalue weighted by Crippen LogP contribution is -1.88. The fourth-order valence-corrected chi connectivity index (χ4v) is 3.19. The Morgan fingerprint density at radius 2 is 1.89 bits per heavy atom. The minimum atomic E-state index is 0.463. The van der Waals surface area contributed by atoms with E-state index in [0.717, 1.165) is 15.8 Å². The molecule has 0 amide bonds. The van der Waals surface area contributed by atoms with Crippen molar-refractivity contribution in [2.24, 2.45) is 0 Å². The molecule has 0 aliphatic heterocycles. The van der Waals surface area contributed by atoms with Crippen molar-refractivity contribution < 1.29 is 0 Å². The van der Waals surface area contributed by atoms with Gasteiger partial charge in [-0.05, 0) is 23.3 Å². The highest BCUT2D eigenvalue weighted by atomic mass is 79.9. The van der Waals surface area contributed by atoms with Crippen LogP contribution in [0.25, 0.3) is 0 Å². The van der Waals surface area contributed by atoms with Gasteiger partial charge in [0.25, 0.3) is 0 Å². The lowest BCUT2D eigenvalue weighted by Gasteiger charge is -2.07. The van der Waals surface area contributed by atoms with Crippen LogP contribution in [0.2, 0.25) is 0 Å². The van der Waals surface area contributed by atoms with E-state index in [9.17, 15) is 0 Å². The summed E-state index contributed by atoms with van der Waals surface area (Å²) in [4.78, 5) is 1.18. The number of nitriles is 1. The van der Waals surface area contributed by atoms with Crippen LogP contribution in [0.3, 0.4) is 0 Å². The topological polar surface area (TPSA) is 23.8 Å². The molecule has 2 aromatic carbocycles. The van der Waals surface area contributed by atoms with E-state index in [-0.39, 0.29) is 0 Å². The number of hydrogen-bond donors (Lipinski definition) is 0. The molecule has 0 aliphatic rings. The van der Waals surface area contributed by atoms with E-state index in [1.165, 1.54) is 10.5 Å². The van der Waals surface area contributed by atoms with Crippen LogP contribution in [0.15, 0.2) is 57.9 Å². The van der Waals surface area contributed by atoms with Gasteiger partial charge in [0.1, 0.15) is 0 Å². The van der Waals surface area contributed by atoms with Crippen LogP contribution < -0.4 is 0 Å². The van der Waals surface area contributed by atoms with Crippen LogP contribution >= 0.6 is 27.7 Å². The Morgan fingerprint density at radius 1 is 1.11 bits per heavy atom. The molecular weight excluding hydrogens is 306 g/mol. The number of thioether (sulfide) groups is 1. The third kappa shape index (κ3) is 3.63. The average Bonchev–Trinajstić information content (AvgIpc) is 2.40. The van der Waals surface area contributed by atoms with Crippen molar-refractivity contribution in [1.82, 2.24) is 0 Å². The fraction of sp³-hybridized carbons (Fsp3) is 0.133. The second-order valence-electron chi connectivity index (χ2n) is 3.86. The van der Waals surface area contributed by atoms with Gasteiger partial charge in [-0.2, -0.15) is 5.26 Å². The predicted molar refractivity (Wildman–Crippen MR) is 79.5 cm³/mol. The summed E-state index contributed by atoms with van der Waals surface area (Å²) in [5.74, 6) is 0.926. The quantitative estimate of drug-likeness (QED) is 0.756. The molecule has 0 spiro atoms. The van der Waals surface area contributed by atoms with Crippen LogP contribution in [0.1, 0.15) is 11.1 Å². The Labute approximate surface area is 120 Å². The number of hydrogen-bond acceptors (Lipinski definition) is 2. The molecule has 0 saturated carbocycles. The summed E-state index contributed by atoms with van der Waals surface area (Å²) in [6.45, 7) is 0. The maximum absolute atomic E-state index is 8.83. The second-order valence-corrected chi connectivity index (χ2v) is 5.79. The van der Waals surface area contributed by atoms with E-state index in [1.54, 1.807) is 11.8 Å². The predicted octanol–water partition coefficient (Wildman–Crippen LogP) is 4.81. The van der Waals surface area contributed by atoms with E-state index in [4.69, 9.17) is 5.26 Å². The average molecular weight is 318 g/mol. The standard InChI is InChI=1S/C15H12BrNS/c16-14-7-6-13(8-9-17)15(10-14)18-11-12-4-2-1-3-5-12/h1-7,10H,8,11H2. The number of halogens is 1. The lowest BCUT2D eigenvalue weighted by atomic mass is 10.2. The van der Waals surface area contributed by atoms with Crippen molar-refractivity contribution in [3.05, 3.63) is 64.1 Å². The lowest BCUT2D eigenvalue weighted by molar-refractivity contribution is 1.17. The molecule has 0 atom stereocenters. The van der Waals surface area contributed by atoms with Crippen molar-refractivity contribution >= 4 is 27.7 Å². The molecule has 0 bridgehead atoms. The number of nitrogens with zero attached hydrogens (tertiary/aromatic N) is 1. The van der Waals surface area contributed by atoms with Crippen molar-refractivity contribution in [2.45, 2.75) is 17.1 Å². The third-order valence-electron chi connectivity index (χ3n) is 2.54. The van der Waals surface area contributed by atoms with Gasteiger partial charge in [-0.3, -0.25) is 0 Å². The maximum Gasteiger partial charge on any atom is 0.0670 e. The molecule has 90 valence electrons. The first-order chi connectivity index (χ1) is 8.79. The molecule has 0 fully saturated rings. The molecule has 1 nitrogen and oxygen atoms in total.